The lowest BCUT2D eigenvalue weighted by Crippen LogP contribution is -2.40. The summed E-state index contributed by atoms with van der Waals surface area (Å²) in [5, 5.41) is 18.5. The fraction of sp³-hybridized carbons (Fsp3) is 0.692. The van der Waals surface area contributed by atoms with Crippen LogP contribution in [0.5, 0.6) is 0 Å². The second-order valence-electron chi connectivity index (χ2n) is 6.21. The van der Waals surface area contributed by atoms with Gasteiger partial charge in [-0.15, -0.1) is 5.10 Å². The number of carboxylic acids is 1. The Labute approximate surface area is 117 Å². The van der Waals surface area contributed by atoms with Crippen LogP contribution in [0, 0.1) is 5.92 Å². The van der Waals surface area contributed by atoms with Gasteiger partial charge in [0.2, 0.25) is 5.82 Å². The maximum atomic E-state index is 12.1. The summed E-state index contributed by atoms with van der Waals surface area (Å²) in [6.45, 7) is 5.89. The second-order valence-corrected chi connectivity index (χ2v) is 6.21. The van der Waals surface area contributed by atoms with E-state index in [-0.39, 0.29) is 17.3 Å². The minimum absolute atomic E-state index is 0.0611. The first-order valence-electron chi connectivity index (χ1n) is 6.75. The molecule has 2 rings (SSSR count). The van der Waals surface area contributed by atoms with Gasteiger partial charge in [-0.1, -0.05) is 27.2 Å². The lowest BCUT2D eigenvalue weighted by molar-refractivity contribution is -0.142. The van der Waals surface area contributed by atoms with Crippen molar-refractivity contribution in [2.75, 3.05) is 0 Å². The number of H-pyrrole nitrogens is 1. The van der Waals surface area contributed by atoms with Crippen LogP contribution in [0.15, 0.2) is 0 Å². The van der Waals surface area contributed by atoms with Crippen LogP contribution in [0.2, 0.25) is 0 Å². The highest BCUT2D eigenvalue weighted by atomic mass is 16.4. The lowest BCUT2D eigenvalue weighted by atomic mass is 9.96. The molecule has 0 saturated heterocycles. The van der Waals surface area contributed by atoms with Crippen LogP contribution in [0.1, 0.15) is 56.5 Å². The zero-order valence-electron chi connectivity index (χ0n) is 11.9. The highest BCUT2D eigenvalue weighted by molar-refractivity contribution is 5.91. The van der Waals surface area contributed by atoms with Crippen LogP contribution in [0.3, 0.4) is 0 Å². The van der Waals surface area contributed by atoms with E-state index < -0.39 is 17.8 Å². The average molecular weight is 280 g/mol. The van der Waals surface area contributed by atoms with Crippen LogP contribution in [-0.4, -0.2) is 38.2 Å². The van der Waals surface area contributed by atoms with Crippen LogP contribution in [-0.2, 0) is 10.2 Å². The number of aromatic amines is 1. The number of carboxylic acid groups (broad SMARTS) is 1. The van der Waals surface area contributed by atoms with E-state index in [4.69, 9.17) is 5.11 Å². The molecule has 1 aromatic heterocycles. The number of hydrogen-bond donors (Lipinski definition) is 3. The standard InChI is InChI=1S/C13H20N4O3/c1-13(2,3)12-15-9(16-17-12)10(18)14-8-6-4-5-7(8)11(19)20/h7-8H,4-6H2,1-3H3,(H,14,18)(H,19,20)(H,15,16,17). The molecule has 3 N–H and O–H groups in total. The van der Waals surface area contributed by atoms with E-state index in [0.717, 1.165) is 6.42 Å². The number of nitrogens with one attached hydrogen (secondary N) is 2. The molecule has 20 heavy (non-hydrogen) atoms. The van der Waals surface area contributed by atoms with E-state index in [1.54, 1.807) is 0 Å². The van der Waals surface area contributed by atoms with Gasteiger partial charge in [0.25, 0.3) is 5.91 Å². The molecule has 1 aliphatic rings. The van der Waals surface area contributed by atoms with Gasteiger partial charge in [-0.2, -0.15) is 0 Å². The molecule has 0 spiro atoms. The van der Waals surface area contributed by atoms with Gasteiger partial charge in [-0.25, -0.2) is 4.98 Å². The van der Waals surface area contributed by atoms with E-state index in [1.165, 1.54) is 0 Å². The first-order chi connectivity index (χ1) is 9.29. The van der Waals surface area contributed by atoms with Crippen molar-refractivity contribution in [2.45, 2.75) is 51.5 Å². The smallest absolute Gasteiger partial charge is 0.308 e. The summed E-state index contributed by atoms with van der Waals surface area (Å²) in [6, 6.07) is -0.336. The Bertz CT molecular complexity index is 518. The van der Waals surface area contributed by atoms with E-state index in [1.807, 2.05) is 20.8 Å². The van der Waals surface area contributed by atoms with Crippen molar-refractivity contribution in [3.8, 4) is 0 Å². The number of amides is 1. The fourth-order valence-corrected chi connectivity index (χ4v) is 2.36. The molecule has 1 saturated carbocycles. The Morgan fingerprint density at radius 2 is 2.05 bits per heavy atom. The van der Waals surface area contributed by atoms with Crippen molar-refractivity contribution < 1.29 is 14.7 Å². The predicted molar refractivity (Wildman–Crippen MR) is 71.3 cm³/mol. The number of aromatic nitrogens is 3. The molecule has 1 aliphatic carbocycles. The molecule has 1 heterocycles. The van der Waals surface area contributed by atoms with Gasteiger partial charge < -0.3 is 10.4 Å². The second kappa shape index (κ2) is 5.22. The molecular weight excluding hydrogens is 260 g/mol. The molecule has 1 aromatic rings. The first kappa shape index (κ1) is 14.5. The summed E-state index contributed by atoms with van der Waals surface area (Å²) in [5.41, 5.74) is -0.220. The number of carbonyl (C=O) groups is 2. The van der Waals surface area contributed by atoms with Crippen molar-refractivity contribution in [2.24, 2.45) is 5.92 Å². The highest BCUT2D eigenvalue weighted by Crippen LogP contribution is 2.26. The van der Waals surface area contributed by atoms with Crippen molar-refractivity contribution >= 4 is 11.9 Å². The van der Waals surface area contributed by atoms with Gasteiger partial charge in [0.1, 0.15) is 5.82 Å². The fourth-order valence-electron chi connectivity index (χ4n) is 2.36. The van der Waals surface area contributed by atoms with Gasteiger partial charge in [0.05, 0.1) is 5.92 Å². The molecule has 2 unspecified atom stereocenters. The number of hydrogen-bond acceptors (Lipinski definition) is 4. The average Bonchev–Trinajstić information content (AvgIpc) is 2.95. The maximum Gasteiger partial charge on any atom is 0.308 e. The lowest BCUT2D eigenvalue weighted by Gasteiger charge is -2.16. The summed E-state index contributed by atoms with van der Waals surface area (Å²) in [5.74, 6) is -1.11. The number of nitrogens with zero attached hydrogens (tertiary/aromatic N) is 2. The number of rotatable bonds is 3. The molecular formula is C13H20N4O3. The third kappa shape index (κ3) is 2.97. The summed E-state index contributed by atoms with van der Waals surface area (Å²) < 4.78 is 0. The number of carbonyl (C=O) groups excluding carboxylic acids is 1. The van der Waals surface area contributed by atoms with Crippen molar-refractivity contribution in [1.82, 2.24) is 20.5 Å². The first-order valence-corrected chi connectivity index (χ1v) is 6.75. The third-order valence-corrected chi connectivity index (χ3v) is 3.55. The minimum Gasteiger partial charge on any atom is -0.481 e. The summed E-state index contributed by atoms with van der Waals surface area (Å²) in [7, 11) is 0. The summed E-state index contributed by atoms with van der Waals surface area (Å²) >= 11 is 0. The van der Waals surface area contributed by atoms with E-state index in [9.17, 15) is 9.59 Å². The molecule has 0 bridgehead atoms. The largest absolute Gasteiger partial charge is 0.481 e. The Morgan fingerprint density at radius 3 is 2.60 bits per heavy atom. The van der Waals surface area contributed by atoms with Crippen LogP contribution in [0.4, 0.5) is 0 Å². The third-order valence-electron chi connectivity index (χ3n) is 3.55. The summed E-state index contributed by atoms with van der Waals surface area (Å²) in [4.78, 5) is 27.3. The Morgan fingerprint density at radius 1 is 1.35 bits per heavy atom. The van der Waals surface area contributed by atoms with E-state index in [2.05, 4.69) is 20.5 Å². The molecule has 0 aliphatic heterocycles. The highest BCUT2D eigenvalue weighted by Gasteiger charge is 2.34. The van der Waals surface area contributed by atoms with Gasteiger partial charge in [-0.05, 0) is 12.8 Å². The van der Waals surface area contributed by atoms with Crippen LogP contribution >= 0.6 is 0 Å². The minimum atomic E-state index is -0.863. The van der Waals surface area contributed by atoms with Crippen molar-refractivity contribution in [3.63, 3.8) is 0 Å². The molecule has 7 heteroatoms. The van der Waals surface area contributed by atoms with Crippen molar-refractivity contribution in [3.05, 3.63) is 11.6 Å². The maximum absolute atomic E-state index is 12.1. The van der Waals surface area contributed by atoms with E-state index in [0.29, 0.717) is 18.7 Å². The Kier molecular flexibility index (Phi) is 3.78. The SMILES string of the molecule is CC(C)(C)c1nc(C(=O)NC2CCCC2C(=O)O)n[nH]1. The van der Waals surface area contributed by atoms with Gasteiger partial charge in [0.15, 0.2) is 0 Å². The molecule has 2 atom stereocenters. The van der Waals surface area contributed by atoms with Gasteiger partial charge in [-0.3, -0.25) is 14.7 Å². The van der Waals surface area contributed by atoms with Crippen molar-refractivity contribution in [1.29, 1.82) is 0 Å². The zero-order chi connectivity index (χ0) is 14.9. The van der Waals surface area contributed by atoms with E-state index >= 15 is 0 Å². The molecule has 1 amide bonds. The topological polar surface area (TPSA) is 108 Å². The Balaban J connectivity index is 2.05. The molecule has 0 radical (unpaired) electrons. The monoisotopic (exact) mass is 280 g/mol. The van der Waals surface area contributed by atoms with Gasteiger partial charge >= 0.3 is 5.97 Å². The molecule has 1 fully saturated rings. The Hall–Kier alpha value is -1.92. The predicted octanol–water partition coefficient (Wildman–Crippen LogP) is 1.09. The quantitative estimate of drug-likeness (QED) is 0.768. The number of aliphatic carboxylic acids is 1. The molecule has 0 aromatic carbocycles. The van der Waals surface area contributed by atoms with Crippen LogP contribution in [0.25, 0.3) is 0 Å². The zero-order valence-corrected chi connectivity index (χ0v) is 11.9. The summed E-state index contributed by atoms with van der Waals surface area (Å²) in [6.07, 6.45) is 2.09. The molecule has 7 nitrogen and oxygen atoms in total. The van der Waals surface area contributed by atoms with Crippen LogP contribution < -0.4 is 5.32 Å². The van der Waals surface area contributed by atoms with Gasteiger partial charge in [0, 0.05) is 11.5 Å². The molecule has 110 valence electrons. The normalized spacial score (nSPS) is 22.8.